The maximum atomic E-state index is 11.7. The molecule has 0 atom stereocenters. The van der Waals surface area contributed by atoms with E-state index in [0.717, 1.165) is 9.13 Å². The van der Waals surface area contributed by atoms with Crippen LogP contribution in [0.25, 0.3) is 0 Å². The minimum atomic E-state index is -0.265. The molecule has 0 aliphatic carbocycles. The first kappa shape index (κ1) is 14.0. The van der Waals surface area contributed by atoms with Gasteiger partial charge in [-0.25, -0.2) is 5.43 Å². The maximum absolute atomic E-state index is 11.7. The fourth-order valence-electron chi connectivity index (χ4n) is 1.42. The highest BCUT2D eigenvalue weighted by atomic mass is 127. The summed E-state index contributed by atoms with van der Waals surface area (Å²) >= 11 is 7.97. The first-order valence-electron chi connectivity index (χ1n) is 5.50. The Bertz CT molecular complexity index is 611. The number of carbonyl (C=O) groups is 1. The molecule has 0 spiro atoms. The summed E-state index contributed by atoms with van der Waals surface area (Å²) in [5.74, 6) is -0.265. The van der Waals surface area contributed by atoms with Gasteiger partial charge in [0.25, 0.3) is 5.91 Å². The Labute approximate surface area is 129 Å². The number of hydrazone groups is 1. The number of hydrogen-bond acceptors (Lipinski definition) is 2. The van der Waals surface area contributed by atoms with E-state index in [0.29, 0.717) is 10.6 Å². The van der Waals surface area contributed by atoms with Crippen LogP contribution in [0, 0.1) is 3.57 Å². The largest absolute Gasteiger partial charge is 0.271 e. The molecule has 0 bridgehead atoms. The van der Waals surface area contributed by atoms with Gasteiger partial charge in [0.1, 0.15) is 0 Å². The van der Waals surface area contributed by atoms with Crippen molar-refractivity contribution < 1.29 is 4.79 Å². The maximum Gasteiger partial charge on any atom is 0.271 e. The predicted octanol–water partition coefficient (Wildman–Crippen LogP) is 3.71. The van der Waals surface area contributed by atoms with E-state index >= 15 is 0 Å². The van der Waals surface area contributed by atoms with Gasteiger partial charge in [-0.2, -0.15) is 5.10 Å². The Morgan fingerprint density at radius 1 is 1.21 bits per heavy atom. The first-order chi connectivity index (χ1) is 9.15. The molecule has 3 nitrogen and oxygen atoms in total. The lowest BCUT2D eigenvalue weighted by Gasteiger charge is -1.99. The fraction of sp³-hybridized carbons (Fsp3) is 0. The van der Waals surface area contributed by atoms with Gasteiger partial charge in [0.2, 0.25) is 0 Å². The van der Waals surface area contributed by atoms with E-state index in [2.05, 4.69) is 33.1 Å². The SMILES string of the molecule is O=C(N/N=C/c1cccc(I)c1)c1ccc(Cl)cc1. The van der Waals surface area contributed by atoms with Crippen molar-refractivity contribution in [3.05, 3.63) is 68.3 Å². The normalized spacial score (nSPS) is 10.6. The zero-order chi connectivity index (χ0) is 13.7. The van der Waals surface area contributed by atoms with E-state index in [1.807, 2.05) is 24.3 Å². The highest BCUT2D eigenvalue weighted by molar-refractivity contribution is 14.1. The summed E-state index contributed by atoms with van der Waals surface area (Å²) < 4.78 is 1.12. The molecule has 0 aliphatic heterocycles. The number of hydrogen-bond donors (Lipinski definition) is 1. The summed E-state index contributed by atoms with van der Waals surface area (Å²) in [4.78, 5) is 11.7. The van der Waals surface area contributed by atoms with Crippen molar-refractivity contribution in [3.63, 3.8) is 0 Å². The number of benzene rings is 2. The Morgan fingerprint density at radius 2 is 1.95 bits per heavy atom. The summed E-state index contributed by atoms with van der Waals surface area (Å²) in [6.45, 7) is 0. The van der Waals surface area contributed by atoms with Crippen LogP contribution in [0.1, 0.15) is 15.9 Å². The third-order valence-corrected chi connectivity index (χ3v) is 3.26. The molecule has 0 unspecified atom stereocenters. The number of halogens is 2. The molecule has 1 amide bonds. The molecular weight excluding hydrogens is 375 g/mol. The molecule has 0 aromatic heterocycles. The molecule has 2 aromatic carbocycles. The van der Waals surface area contributed by atoms with Crippen molar-refractivity contribution in [2.45, 2.75) is 0 Å². The van der Waals surface area contributed by atoms with Crippen LogP contribution in [0.4, 0.5) is 0 Å². The van der Waals surface area contributed by atoms with E-state index in [1.165, 1.54) is 0 Å². The average Bonchev–Trinajstić information content (AvgIpc) is 2.39. The molecule has 0 fully saturated rings. The van der Waals surface area contributed by atoms with E-state index in [4.69, 9.17) is 11.6 Å². The van der Waals surface area contributed by atoms with E-state index in [1.54, 1.807) is 30.5 Å². The van der Waals surface area contributed by atoms with Crippen LogP contribution in [0.15, 0.2) is 53.6 Å². The van der Waals surface area contributed by atoms with Crippen LogP contribution in [-0.4, -0.2) is 12.1 Å². The summed E-state index contributed by atoms with van der Waals surface area (Å²) in [7, 11) is 0. The molecule has 1 N–H and O–H groups in total. The molecule has 96 valence electrons. The molecular formula is C14H10ClIN2O. The van der Waals surface area contributed by atoms with Gasteiger partial charge in [-0.15, -0.1) is 0 Å². The van der Waals surface area contributed by atoms with Gasteiger partial charge in [0.15, 0.2) is 0 Å². The van der Waals surface area contributed by atoms with Crippen LogP contribution in [0.2, 0.25) is 5.02 Å². The summed E-state index contributed by atoms with van der Waals surface area (Å²) in [6.07, 6.45) is 1.61. The van der Waals surface area contributed by atoms with Gasteiger partial charge in [-0.1, -0.05) is 23.7 Å². The third-order valence-electron chi connectivity index (χ3n) is 2.33. The lowest BCUT2D eigenvalue weighted by molar-refractivity contribution is 0.0955. The number of rotatable bonds is 3. The van der Waals surface area contributed by atoms with E-state index < -0.39 is 0 Å². The molecule has 2 rings (SSSR count). The van der Waals surface area contributed by atoms with Crippen molar-refractivity contribution in [1.29, 1.82) is 0 Å². The van der Waals surface area contributed by atoms with Gasteiger partial charge in [-0.05, 0) is 64.6 Å². The minimum absolute atomic E-state index is 0.265. The zero-order valence-electron chi connectivity index (χ0n) is 9.81. The summed E-state index contributed by atoms with van der Waals surface area (Å²) in [5, 5.41) is 4.52. The van der Waals surface area contributed by atoms with Crippen LogP contribution in [0.5, 0.6) is 0 Å². The van der Waals surface area contributed by atoms with Crippen LogP contribution >= 0.6 is 34.2 Å². The monoisotopic (exact) mass is 384 g/mol. The van der Waals surface area contributed by atoms with Crippen molar-refractivity contribution in [1.82, 2.24) is 5.43 Å². The van der Waals surface area contributed by atoms with Crippen molar-refractivity contribution in [3.8, 4) is 0 Å². The number of amides is 1. The van der Waals surface area contributed by atoms with Gasteiger partial charge in [0, 0.05) is 14.2 Å². The Kier molecular flexibility index (Phi) is 4.93. The second-order valence-electron chi connectivity index (χ2n) is 3.76. The molecule has 19 heavy (non-hydrogen) atoms. The lowest BCUT2D eigenvalue weighted by Crippen LogP contribution is -2.17. The summed E-state index contributed by atoms with van der Waals surface area (Å²) in [6, 6.07) is 14.4. The summed E-state index contributed by atoms with van der Waals surface area (Å²) in [5.41, 5.74) is 3.92. The minimum Gasteiger partial charge on any atom is -0.267 e. The van der Waals surface area contributed by atoms with Gasteiger partial charge in [0.05, 0.1) is 6.21 Å². The Hall–Kier alpha value is -1.40. The number of nitrogens with zero attached hydrogens (tertiary/aromatic N) is 1. The van der Waals surface area contributed by atoms with E-state index in [9.17, 15) is 4.79 Å². The fourth-order valence-corrected chi connectivity index (χ4v) is 2.11. The van der Waals surface area contributed by atoms with Gasteiger partial charge < -0.3 is 0 Å². The van der Waals surface area contributed by atoms with Crippen molar-refractivity contribution in [2.75, 3.05) is 0 Å². The predicted molar refractivity (Wildman–Crippen MR) is 85.7 cm³/mol. The molecule has 0 heterocycles. The van der Waals surface area contributed by atoms with E-state index in [-0.39, 0.29) is 5.91 Å². The third kappa shape index (κ3) is 4.33. The lowest BCUT2D eigenvalue weighted by atomic mass is 10.2. The second kappa shape index (κ2) is 6.68. The standard InChI is InChI=1S/C14H10ClIN2O/c15-12-6-4-11(5-7-12)14(19)18-17-9-10-2-1-3-13(16)8-10/h1-9H,(H,18,19)/b17-9+. The number of carbonyl (C=O) groups excluding carboxylic acids is 1. The molecule has 2 aromatic rings. The quantitative estimate of drug-likeness (QED) is 0.489. The van der Waals surface area contributed by atoms with Gasteiger partial charge in [-0.3, -0.25) is 4.79 Å². The molecule has 0 aliphatic rings. The first-order valence-corrected chi connectivity index (χ1v) is 6.95. The number of nitrogens with one attached hydrogen (secondary N) is 1. The topological polar surface area (TPSA) is 41.5 Å². The highest BCUT2D eigenvalue weighted by Gasteiger charge is 2.02. The Balaban J connectivity index is 1.98. The van der Waals surface area contributed by atoms with Crippen LogP contribution < -0.4 is 5.43 Å². The molecule has 5 heteroatoms. The highest BCUT2D eigenvalue weighted by Crippen LogP contribution is 2.09. The molecule has 0 radical (unpaired) electrons. The van der Waals surface area contributed by atoms with Gasteiger partial charge >= 0.3 is 0 Å². The smallest absolute Gasteiger partial charge is 0.267 e. The van der Waals surface area contributed by atoms with Crippen LogP contribution in [-0.2, 0) is 0 Å². The second-order valence-corrected chi connectivity index (χ2v) is 5.44. The molecule has 0 saturated carbocycles. The Morgan fingerprint density at radius 3 is 2.63 bits per heavy atom. The van der Waals surface area contributed by atoms with Crippen molar-refractivity contribution in [2.24, 2.45) is 5.10 Å². The van der Waals surface area contributed by atoms with Crippen molar-refractivity contribution >= 4 is 46.3 Å². The average molecular weight is 385 g/mol. The molecule has 0 saturated heterocycles. The zero-order valence-corrected chi connectivity index (χ0v) is 12.7. The van der Waals surface area contributed by atoms with Crippen LogP contribution in [0.3, 0.4) is 0 Å².